The number of carboxylic acids is 1. The SMILES string of the molecule is O=C(O)c1cc(-c2c(O)ccc3cc(Br)ccc23)no1. The predicted molar refractivity (Wildman–Crippen MR) is 75.8 cm³/mol. The number of aromatic carboxylic acids is 1. The van der Waals surface area contributed by atoms with Crippen molar-refractivity contribution in [3.63, 3.8) is 0 Å². The van der Waals surface area contributed by atoms with Gasteiger partial charge in [0.25, 0.3) is 0 Å². The molecule has 0 amide bonds. The second-order valence-electron chi connectivity index (χ2n) is 4.21. The fourth-order valence-corrected chi connectivity index (χ4v) is 2.43. The minimum absolute atomic E-state index is 0.0186. The second kappa shape index (κ2) is 4.64. The molecule has 0 spiro atoms. The fourth-order valence-electron chi connectivity index (χ4n) is 2.05. The molecule has 0 aliphatic rings. The molecule has 0 saturated heterocycles. The van der Waals surface area contributed by atoms with Crippen molar-refractivity contribution in [1.29, 1.82) is 0 Å². The number of halogens is 1. The van der Waals surface area contributed by atoms with E-state index in [4.69, 9.17) is 9.63 Å². The molecule has 6 heteroatoms. The van der Waals surface area contributed by atoms with E-state index in [2.05, 4.69) is 21.1 Å². The first-order chi connectivity index (χ1) is 9.56. The molecular formula is C14H8BrNO4. The summed E-state index contributed by atoms with van der Waals surface area (Å²) in [6.45, 7) is 0. The minimum Gasteiger partial charge on any atom is -0.507 e. The molecule has 0 aliphatic heterocycles. The molecule has 2 aromatic carbocycles. The number of hydrogen-bond donors (Lipinski definition) is 2. The number of phenols is 1. The Bertz CT molecular complexity index is 825. The lowest BCUT2D eigenvalue weighted by Crippen LogP contribution is -1.91. The van der Waals surface area contributed by atoms with Crippen LogP contribution in [0.5, 0.6) is 5.75 Å². The highest BCUT2D eigenvalue weighted by Gasteiger charge is 2.17. The Labute approximate surface area is 121 Å². The van der Waals surface area contributed by atoms with E-state index in [1.54, 1.807) is 12.1 Å². The third kappa shape index (κ3) is 2.04. The van der Waals surface area contributed by atoms with Gasteiger partial charge in [-0.25, -0.2) is 4.79 Å². The lowest BCUT2D eigenvalue weighted by Gasteiger charge is -2.06. The number of aromatic nitrogens is 1. The van der Waals surface area contributed by atoms with Crippen molar-refractivity contribution < 1.29 is 19.5 Å². The number of aromatic hydroxyl groups is 1. The molecule has 5 nitrogen and oxygen atoms in total. The molecule has 2 N–H and O–H groups in total. The molecule has 0 fully saturated rings. The summed E-state index contributed by atoms with van der Waals surface area (Å²) in [7, 11) is 0. The molecular weight excluding hydrogens is 326 g/mol. The van der Waals surface area contributed by atoms with Crippen LogP contribution in [-0.2, 0) is 0 Å². The van der Waals surface area contributed by atoms with Crippen LogP contribution in [0.3, 0.4) is 0 Å². The average molecular weight is 334 g/mol. The zero-order valence-electron chi connectivity index (χ0n) is 10.0. The van der Waals surface area contributed by atoms with Crippen LogP contribution in [0.25, 0.3) is 22.0 Å². The summed E-state index contributed by atoms with van der Waals surface area (Å²) >= 11 is 3.38. The maximum absolute atomic E-state index is 10.8. The molecule has 20 heavy (non-hydrogen) atoms. The van der Waals surface area contributed by atoms with Gasteiger partial charge in [0, 0.05) is 10.5 Å². The van der Waals surface area contributed by atoms with Crippen LogP contribution in [-0.4, -0.2) is 21.3 Å². The average Bonchev–Trinajstić information content (AvgIpc) is 2.88. The van der Waals surface area contributed by atoms with E-state index in [1.165, 1.54) is 6.07 Å². The highest BCUT2D eigenvalue weighted by Crippen LogP contribution is 2.36. The molecule has 0 aliphatic carbocycles. The van der Waals surface area contributed by atoms with Crippen molar-refractivity contribution in [2.45, 2.75) is 0 Å². The number of phenolic OH excluding ortho intramolecular Hbond substituents is 1. The zero-order chi connectivity index (χ0) is 14.3. The summed E-state index contributed by atoms with van der Waals surface area (Å²) in [5.74, 6) is -1.45. The summed E-state index contributed by atoms with van der Waals surface area (Å²) < 4.78 is 5.65. The number of hydrogen-bond acceptors (Lipinski definition) is 4. The van der Waals surface area contributed by atoms with Crippen LogP contribution >= 0.6 is 15.9 Å². The summed E-state index contributed by atoms with van der Waals surface area (Å²) in [4.78, 5) is 10.8. The van der Waals surface area contributed by atoms with Crippen molar-refractivity contribution in [1.82, 2.24) is 5.16 Å². The number of carbonyl (C=O) groups is 1. The second-order valence-corrected chi connectivity index (χ2v) is 5.12. The number of carboxylic acid groups (broad SMARTS) is 1. The van der Waals surface area contributed by atoms with E-state index >= 15 is 0 Å². The van der Waals surface area contributed by atoms with Crippen molar-refractivity contribution in [3.8, 4) is 17.0 Å². The molecule has 0 saturated carbocycles. The Kier molecular flexibility index (Phi) is 2.94. The van der Waals surface area contributed by atoms with E-state index in [9.17, 15) is 9.90 Å². The first-order valence-electron chi connectivity index (χ1n) is 5.68. The number of benzene rings is 2. The topological polar surface area (TPSA) is 83.6 Å². The highest BCUT2D eigenvalue weighted by atomic mass is 79.9. The Balaban J connectivity index is 2.28. The predicted octanol–water partition coefficient (Wildman–Crippen LogP) is 3.66. The third-order valence-corrected chi connectivity index (χ3v) is 3.43. The monoisotopic (exact) mass is 333 g/mol. The Morgan fingerprint density at radius 2 is 2.00 bits per heavy atom. The van der Waals surface area contributed by atoms with Crippen LogP contribution in [0.15, 0.2) is 45.4 Å². The molecule has 3 rings (SSSR count). The molecule has 0 radical (unpaired) electrons. The zero-order valence-corrected chi connectivity index (χ0v) is 11.6. The molecule has 3 aromatic rings. The van der Waals surface area contributed by atoms with Gasteiger partial charge in [0.05, 0.1) is 5.56 Å². The van der Waals surface area contributed by atoms with Gasteiger partial charge in [-0.3, -0.25) is 0 Å². The lowest BCUT2D eigenvalue weighted by atomic mass is 10.0. The van der Waals surface area contributed by atoms with Crippen molar-refractivity contribution in [3.05, 3.63) is 46.6 Å². The summed E-state index contributed by atoms with van der Waals surface area (Å²) in [5.41, 5.74) is 0.735. The first-order valence-corrected chi connectivity index (χ1v) is 6.47. The van der Waals surface area contributed by atoms with E-state index in [0.717, 1.165) is 15.2 Å². The van der Waals surface area contributed by atoms with E-state index in [-0.39, 0.29) is 17.2 Å². The van der Waals surface area contributed by atoms with Gasteiger partial charge in [0.1, 0.15) is 11.4 Å². The molecule has 100 valence electrons. The first kappa shape index (κ1) is 12.7. The lowest BCUT2D eigenvalue weighted by molar-refractivity contribution is 0.0652. The van der Waals surface area contributed by atoms with Crippen LogP contribution in [0.1, 0.15) is 10.6 Å². The van der Waals surface area contributed by atoms with Crippen LogP contribution in [0, 0.1) is 0 Å². The number of nitrogens with zero attached hydrogens (tertiary/aromatic N) is 1. The van der Waals surface area contributed by atoms with Crippen LogP contribution < -0.4 is 0 Å². The van der Waals surface area contributed by atoms with Crippen LogP contribution in [0.2, 0.25) is 0 Å². The normalized spacial score (nSPS) is 10.8. The van der Waals surface area contributed by atoms with Crippen LogP contribution in [0.4, 0.5) is 0 Å². The Morgan fingerprint density at radius 3 is 2.70 bits per heavy atom. The maximum atomic E-state index is 10.8. The number of fused-ring (bicyclic) bond motifs is 1. The largest absolute Gasteiger partial charge is 0.507 e. The molecule has 1 heterocycles. The molecule has 1 aromatic heterocycles. The smallest absolute Gasteiger partial charge is 0.374 e. The number of rotatable bonds is 2. The van der Waals surface area contributed by atoms with Gasteiger partial charge in [-0.05, 0) is 29.0 Å². The Morgan fingerprint density at radius 1 is 1.20 bits per heavy atom. The molecule has 0 atom stereocenters. The van der Waals surface area contributed by atoms with Crippen molar-refractivity contribution in [2.24, 2.45) is 0 Å². The molecule has 0 bridgehead atoms. The summed E-state index contributed by atoms with van der Waals surface area (Å²) in [6.07, 6.45) is 0. The van der Waals surface area contributed by atoms with Crippen molar-refractivity contribution >= 4 is 32.7 Å². The fraction of sp³-hybridized carbons (Fsp3) is 0. The van der Waals surface area contributed by atoms with Gasteiger partial charge < -0.3 is 14.7 Å². The van der Waals surface area contributed by atoms with Gasteiger partial charge in [-0.1, -0.05) is 33.2 Å². The van der Waals surface area contributed by atoms with Gasteiger partial charge in [-0.15, -0.1) is 0 Å². The van der Waals surface area contributed by atoms with E-state index < -0.39 is 5.97 Å². The summed E-state index contributed by atoms with van der Waals surface area (Å²) in [6, 6.07) is 10.2. The van der Waals surface area contributed by atoms with Gasteiger partial charge in [0.15, 0.2) is 0 Å². The van der Waals surface area contributed by atoms with Gasteiger partial charge >= 0.3 is 5.97 Å². The summed E-state index contributed by atoms with van der Waals surface area (Å²) in [5, 5.41) is 24.3. The third-order valence-electron chi connectivity index (χ3n) is 2.94. The molecule has 0 unspecified atom stereocenters. The van der Waals surface area contributed by atoms with Gasteiger partial charge in [0.2, 0.25) is 5.76 Å². The van der Waals surface area contributed by atoms with Crippen molar-refractivity contribution in [2.75, 3.05) is 0 Å². The highest BCUT2D eigenvalue weighted by molar-refractivity contribution is 9.10. The van der Waals surface area contributed by atoms with E-state index in [1.807, 2.05) is 18.2 Å². The standard InChI is InChI=1S/C14H8BrNO4/c15-8-2-3-9-7(5-8)1-4-11(17)13(9)10-6-12(14(18)19)20-16-10/h1-6,17H,(H,18,19). The van der Waals surface area contributed by atoms with Gasteiger partial charge in [-0.2, -0.15) is 0 Å². The van der Waals surface area contributed by atoms with E-state index in [0.29, 0.717) is 5.56 Å². The Hall–Kier alpha value is -2.34. The maximum Gasteiger partial charge on any atom is 0.374 e. The minimum atomic E-state index is -1.20. The quantitative estimate of drug-likeness (QED) is 0.747.